The maximum atomic E-state index is 12.3. The first kappa shape index (κ1) is 22.5. The number of carbonyl (C=O) groups is 1. The summed E-state index contributed by atoms with van der Waals surface area (Å²) in [5, 5.41) is 5.55. The normalized spacial score (nSPS) is 11.2. The minimum absolute atomic E-state index is 0.103. The lowest BCUT2D eigenvalue weighted by molar-refractivity contribution is 0.0977. The highest BCUT2D eigenvalue weighted by Gasteiger charge is 2.15. The molecule has 0 saturated carbocycles. The first-order chi connectivity index (χ1) is 13.1. The zero-order valence-electron chi connectivity index (χ0n) is 15.4. The van der Waals surface area contributed by atoms with Crippen molar-refractivity contribution in [2.45, 2.75) is 24.8 Å². The summed E-state index contributed by atoms with van der Waals surface area (Å²) < 4.78 is 32.7. The van der Waals surface area contributed by atoms with Crippen LogP contribution in [0.4, 0.5) is 5.69 Å². The highest BCUT2D eigenvalue weighted by atomic mass is 127. The standard InChI is InChI=1S/C18H20IN3O4S2/c1-11(2)22-28(24,25)14-7-5-13(6-8-14)20-18(27)21-17(23)12-4-9-16(26-3)15(19)10-12/h4-11,22H,1-3H3,(H2,20,21,23,27). The van der Waals surface area contributed by atoms with Crippen molar-refractivity contribution in [3.63, 3.8) is 0 Å². The van der Waals surface area contributed by atoms with Crippen LogP contribution in [0.15, 0.2) is 47.4 Å². The molecule has 0 radical (unpaired) electrons. The number of amides is 1. The summed E-state index contributed by atoms with van der Waals surface area (Å²) in [5.74, 6) is 0.318. The molecule has 28 heavy (non-hydrogen) atoms. The van der Waals surface area contributed by atoms with Crippen molar-refractivity contribution < 1.29 is 17.9 Å². The molecule has 0 saturated heterocycles. The molecule has 0 aromatic heterocycles. The Kier molecular flexibility index (Phi) is 7.75. The molecule has 0 fully saturated rings. The number of ether oxygens (including phenoxy) is 1. The lowest BCUT2D eigenvalue weighted by atomic mass is 10.2. The first-order valence-corrected chi connectivity index (χ1v) is 11.2. The predicted molar refractivity (Wildman–Crippen MR) is 121 cm³/mol. The summed E-state index contributed by atoms with van der Waals surface area (Å²) >= 11 is 7.24. The molecule has 2 aromatic carbocycles. The van der Waals surface area contributed by atoms with Crippen molar-refractivity contribution in [2.24, 2.45) is 0 Å². The van der Waals surface area contributed by atoms with Crippen LogP contribution in [0.5, 0.6) is 5.75 Å². The van der Waals surface area contributed by atoms with E-state index >= 15 is 0 Å². The number of anilines is 1. The maximum Gasteiger partial charge on any atom is 0.257 e. The summed E-state index contributed by atoms with van der Waals surface area (Å²) in [5.41, 5.74) is 0.994. The number of rotatable bonds is 6. The van der Waals surface area contributed by atoms with E-state index in [0.717, 1.165) is 3.57 Å². The molecule has 0 aliphatic rings. The van der Waals surface area contributed by atoms with Crippen LogP contribution in [-0.2, 0) is 10.0 Å². The van der Waals surface area contributed by atoms with E-state index in [9.17, 15) is 13.2 Å². The van der Waals surface area contributed by atoms with Crippen molar-refractivity contribution in [2.75, 3.05) is 12.4 Å². The van der Waals surface area contributed by atoms with Crippen LogP contribution in [0.1, 0.15) is 24.2 Å². The number of nitrogens with one attached hydrogen (secondary N) is 3. The van der Waals surface area contributed by atoms with Gasteiger partial charge in [0.25, 0.3) is 5.91 Å². The van der Waals surface area contributed by atoms with Crippen LogP contribution >= 0.6 is 34.8 Å². The molecular formula is C18H20IN3O4S2. The number of benzene rings is 2. The summed E-state index contributed by atoms with van der Waals surface area (Å²) in [7, 11) is -2.00. The van der Waals surface area contributed by atoms with E-state index in [1.165, 1.54) is 12.1 Å². The van der Waals surface area contributed by atoms with E-state index in [1.807, 2.05) is 0 Å². The molecule has 0 spiro atoms. The summed E-state index contributed by atoms with van der Waals surface area (Å²) in [4.78, 5) is 12.5. The molecule has 3 N–H and O–H groups in total. The zero-order valence-corrected chi connectivity index (χ0v) is 19.2. The van der Waals surface area contributed by atoms with E-state index in [4.69, 9.17) is 17.0 Å². The Labute approximate surface area is 183 Å². The Morgan fingerprint density at radius 1 is 1.14 bits per heavy atom. The minimum Gasteiger partial charge on any atom is -0.496 e. The number of halogens is 1. The number of thiocarbonyl (C=S) groups is 1. The van der Waals surface area contributed by atoms with Gasteiger partial charge in [-0.1, -0.05) is 0 Å². The van der Waals surface area contributed by atoms with Gasteiger partial charge in [-0.05, 0) is 91.1 Å². The number of carbonyl (C=O) groups excluding carboxylic acids is 1. The van der Waals surface area contributed by atoms with Gasteiger partial charge in [-0.2, -0.15) is 0 Å². The van der Waals surface area contributed by atoms with Crippen molar-refractivity contribution in [3.8, 4) is 5.75 Å². The molecule has 0 unspecified atom stereocenters. The van der Waals surface area contributed by atoms with E-state index in [2.05, 4.69) is 37.9 Å². The van der Waals surface area contributed by atoms with Gasteiger partial charge < -0.3 is 10.1 Å². The first-order valence-electron chi connectivity index (χ1n) is 8.20. The molecule has 0 heterocycles. The van der Waals surface area contributed by atoms with Crippen LogP contribution in [0.2, 0.25) is 0 Å². The molecule has 10 heteroatoms. The third-order valence-electron chi connectivity index (χ3n) is 3.45. The lowest BCUT2D eigenvalue weighted by Crippen LogP contribution is -2.34. The van der Waals surface area contributed by atoms with Gasteiger partial charge in [0.2, 0.25) is 10.0 Å². The number of methoxy groups -OCH3 is 1. The van der Waals surface area contributed by atoms with Crippen LogP contribution in [0.3, 0.4) is 0 Å². The second kappa shape index (κ2) is 9.63. The summed E-state index contributed by atoms with van der Waals surface area (Å²) in [6.07, 6.45) is 0. The molecular weight excluding hydrogens is 513 g/mol. The smallest absolute Gasteiger partial charge is 0.257 e. The molecule has 150 valence electrons. The Bertz CT molecular complexity index is 977. The zero-order chi connectivity index (χ0) is 20.9. The fourth-order valence-corrected chi connectivity index (χ4v) is 4.44. The molecule has 0 aliphatic heterocycles. The van der Waals surface area contributed by atoms with Gasteiger partial charge in [-0.15, -0.1) is 0 Å². The Morgan fingerprint density at radius 2 is 1.79 bits per heavy atom. The van der Waals surface area contributed by atoms with E-state index in [0.29, 0.717) is 17.0 Å². The van der Waals surface area contributed by atoms with Gasteiger partial charge in [-0.3, -0.25) is 10.1 Å². The van der Waals surface area contributed by atoms with E-state index in [-0.39, 0.29) is 22.0 Å². The third-order valence-corrected chi connectivity index (χ3v) is 6.18. The fraction of sp³-hybridized carbons (Fsp3) is 0.222. The molecule has 2 aromatic rings. The quantitative estimate of drug-likeness (QED) is 0.390. The Hall–Kier alpha value is -1.76. The fourth-order valence-electron chi connectivity index (χ4n) is 2.24. The van der Waals surface area contributed by atoms with E-state index < -0.39 is 10.0 Å². The van der Waals surface area contributed by atoms with Gasteiger partial charge in [0.1, 0.15) is 5.75 Å². The highest BCUT2D eigenvalue weighted by Crippen LogP contribution is 2.21. The van der Waals surface area contributed by atoms with Crippen LogP contribution in [-0.4, -0.2) is 32.6 Å². The topological polar surface area (TPSA) is 96.5 Å². The molecule has 0 aliphatic carbocycles. The van der Waals surface area contributed by atoms with Gasteiger partial charge in [0.05, 0.1) is 15.6 Å². The molecule has 1 amide bonds. The van der Waals surface area contributed by atoms with Crippen LogP contribution in [0, 0.1) is 3.57 Å². The Morgan fingerprint density at radius 3 is 2.32 bits per heavy atom. The van der Waals surface area contributed by atoms with Crippen molar-refractivity contribution in [1.29, 1.82) is 0 Å². The van der Waals surface area contributed by atoms with Crippen molar-refractivity contribution in [3.05, 3.63) is 51.6 Å². The number of sulfonamides is 1. The second-order valence-electron chi connectivity index (χ2n) is 6.06. The predicted octanol–water partition coefficient (Wildman–Crippen LogP) is 3.11. The highest BCUT2D eigenvalue weighted by molar-refractivity contribution is 14.1. The van der Waals surface area contributed by atoms with Crippen LogP contribution < -0.4 is 20.1 Å². The maximum absolute atomic E-state index is 12.3. The summed E-state index contributed by atoms with van der Waals surface area (Å²) in [6, 6.07) is 10.9. The van der Waals surface area contributed by atoms with Gasteiger partial charge in [-0.25, -0.2) is 13.1 Å². The van der Waals surface area contributed by atoms with Gasteiger partial charge in [0, 0.05) is 17.3 Å². The number of hydrogen-bond acceptors (Lipinski definition) is 5. The largest absolute Gasteiger partial charge is 0.496 e. The third kappa shape index (κ3) is 6.12. The second-order valence-corrected chi connectivity index (χ2v) is 9.34. The Balaban J connectivity index is 2.01. The molecule has 2 rings (SSSR count). The minimum atomic E-state index is -3.56. The molecule has 7 nitrogen and oxygen atoms in total. The average Bonchev–Trinajstić information content (AvgIpc) is 2.60. The van der Waals surface area contributed by atoms with Gasteiger partial charge in [0.15, 0.2) is 5.11 Å². The SMILES string of the molecule is COc1ccc(C(=O)NC(=S)Nc2ccc(S(=O)(=O)NC(C)C)cc2)cc1I. The van der Waals surface area contributed by atoms with Crippen LogP contribution in [0.25, 0.3) is 0 Å². The monoisotopic (exact) mass is 533 g/mol. The number of hydrogen-bond donors (Lipinski definition) is 3. The summed E-state index contributed by atoms with van der Waals surface area (Å²) in [6.45, 7) is 3.50. The van der Waals surface area contributed by atoms with Crippen molar-refractivity contribution in [1.82, 2.24) is 10.0 Å². The average molecular weight is 533 g/mol. The van der Waals surface area contributed by atoms with E-state index in [1.54, 1.807) is 51.3 Å². The molecule has 0 bridgehead atoms. The molecule has 0 atom stereocenters. The lowest BCUT2D eigenvalue weighted by Gasteiger charge is -2.12. The van der Waals surface area contributed by atoms with Crippen molar-refractivity contribution >= 4 is 61.5 Å². The van der Waals surface area contributed by atoms with Gasteiger partial charge >= 0.3 is 0 Å².